The lowest BCUT2D eigenvalue weighted by atomic mass is 10.2. The second kappa shape index (κ2) is 6.00. The summed E-state index contributed by atoms with van der Waals surface area (Å²) >= 11 is 0. The minimum Gasteiger partial charge on any atom is -0.352 e. The molecule has 21 heavy (non-hydrogen) atoms. The van der Waals surface area contributed by atoms with Crippen LogP contribution in [0.5, 0.6) is 0 Å². The Kier molecular flexibility index (Phi) is 3.73. The molecule has 2 aromatic rings. The highest BCUT2D eigenvalue weighted by Crippen LogP contribution is 2.10. The first-order valence-corrected chi connectivity index (χ1v) is 6.60. The number of aliphatic imine (C=N–C) groups is 1. The van der Waals surface area contributed by atoms with E-state index in [1.165, 1.54) is 0 Å². The minimum atomic E-state index is -0.467. The number of hydrogen-bond acceptors (Lipinski definition) is 4. The third-order valence-corrected chi connectivity index (χ3v) is 3.02. The number of allylic oxidation sites excluding steroid dienone is 1. The average Bonchev–Trinajstić information content (AvgIpc) is 2.57. The summed E-state index contributed by atoms with van der Waals surface area (Å²) in [6.45, 7) is 0. The van der Waals surface area contributed by atoms with Crippen molar-refractivity contribution in [1.82, 2.24) is 15.6 Å². The highest BCUT2D eigenvalue weighted by molar-refractivity contribution is 6.09. The van der Waals surface area contributed by atoms with E-state index in [1.807, 2.05) is 36.4 Å². The maximum absolute atomic E-state index is 12.0. The molecule has 3 rings (SSSR count). The molecule has 1 aromatic carbocycles. The maximum Gasteiger partial charge on any atom is 0.254 e. The Hall–Kier alpha value is -2.95. The molecular formula is C16H14N4O. The van der Waals surface area contributed by atoms with Gasteiger partial charge >= 0.3 is 0 Å². The highest BCUT2D eigenvalue weighted by Gasteiger charge is 2.14. The molecule has 2 heterocycles. The summed E-state index contributed by atoms with van der Waals surface area (Å²) in [5, 5.41) is 5.83. The molecule has 1 atom stereocenters. The van der Waals surface area contributed by atoms with Crippen LogP contribution in [0.1, 0.15) is 16.1 Å². The Morgan fingerprint density at radius 2 is 1.90 bits per heavy atom. The number of rotatable bonds is 3. The van der Waals surface area contributed by atoms with Crippen molar-refractivity contribution >= 4 is 17.7 Å². The molecule has 2 N–H and O–H groups in total. The summed E-state index contributed by atoms with van der Waals surface area (Å²) in [6.07, 6.45) is 4.76. The third-order valence-electron chi connectivity index (χ3n) is 3.02. The quantitative estimate of drug-likeness (QED) is 0.900. The van der Waals surface area contributed by atoms with E-state index in [1.54, 1.807) is 30.7 Å². The van der Waals surface area contributed by atoms with Gasteiger partial charge in [-0.2, -0.15) is 0 Å². The van der Waals surface area contributed by atoms with Crippen molar-refractivity contribution in [2.75, 3.05) is 0 Å². The van der Waals surface area contributed by atoms with Gasteiger partial charge in [0.05, 0.1) is 5.69 Å². The average molecular weight is 278 g/mol. The molecule has 0 radical (unpaired) electrons. The molecule has 0 saturated heterocycles. The molecule has 5 heteroatoms. The third kappa shape index (κ3) is 3.14. The topological polar surface area (TPSA) is 66.4 Å². The summed E-state index contributed by atoms with van der Waals surface area (Å²) < 4.78 is 0. The van der Waals surface area contributed by atoms with Crippen molar-refractivity contribution in [3.8, 4) is 0 Å². The van der Waals surface area contributed by atoms with Crippen molar-refractivity contribution < 1.29 is 4.79 Å². The van der Waals surface area contributed by atoms with E-state index in [2.05, 4.69) is 20.6 Å². The zero-order chi connectivity index (χ0) is 14.5. The molecule has 1 aliphatic heterocycles. The van der Waals surface area contributed by atoms with Crippen molar-refractivity contribution in [2.45, 2.75) is 6.29 Å². The van der Waals surface area contributed by atoms with Crippen LogP contribution in [0.4, 0.5) is 0 Å². The van der Waals surface area contributed by atoms with E-state index >= 15 is 0 Å². The Morgan fingerprint density at radius 1 is 1.10 bits per heavy atom. The molecule has 0 aliphatic carbocycles. The van der Waals surface area contributed by atoms with Crippen molar-refractivity contribution in [1.29, 1.82) is 0 Å². The first-order valence-electron chi connectivity index (χ1n) is 6.60. The maximum atomic E-state index is 12.0. The van der Waals surface area contributed by atoms with Gasteiger partial charge in [-0.1, -0.05) is 24.3 Å². The number of carbonyl (C=O) groups excluding carboxylic acids is 1. The fourth-order valence-corrected chi connectivity index (χ4v) is 1.95. The molecule has 1 aromatic heterocycles. The number of nitrogens with zero attached hydrogens (tertiary/aromatic N) is 2. The van der Waals surface area contributed by atoms with Crippen molar-refractivity contribution in [3.05, 3.63) is 72.2 Å². The van der Waals surface area contributed by atoms with E-state index in [-0.39, 0.29) is 5.91 Å². The number of aromatic nitrogens is 1. The second-order valence-electron chi connectivity index (χ2n) is 4.50. The van der Waals surface area contributed by atoms with Crippen molar-refractivity contribution in [3.63, 3.8) is 0 Å². The van der Waals surface area contributed by atoms with E-state index in [9.17, 15) is 4.79 Å². The second-order valence-corrected chi connectivity index (χ2v) is 4.50. The van der Waals surface area contributed by atoms with Crippen LogP contribution >= 0.6 is 0 Å². The predicted molar refractivity (Wildman–Crippen MR) is 81.5 cm³/mol. The number of hydrogen-bond donors (Lipinski definition) is 2. The molecule has 0 fully saturated rings. The number of pyridine rings is 1. The van der Waals surface area contributed by atoms with Crippen LogP contribution in [-0.4, -0.2) is 23.4 Å². The molecule has 5 nitrogen and oxygen atoms in total. The van der Waals surface area contributed by atoms with Crippen LogP contribution in [-0.2, 0) is 0 Å². The minimum absolute atomic E-state index is 0.167. The zero-order valence-corrected chi connectivity index (χ0v) is 11.2. The largest absolute Gasteiger partial charge is 0.352 e. The number of benzene rings is 1. The fraction of sp³-hybridized carbons (Fsp3) is 0.0625. The van der Waals surface area contributed by atoms with E-state index in [0.717, 1.165) is 11.3 Å². The Labute approximate surface area is 122 Å². The molecular weight excluding hydrogens is 264 g/mol. The summed E-state index contributed by atoms with van der Waals surface area (Å²) in [5.74, 6) is -0.167. The molecule has 1 aliphatic rings. The van der Waals surface area contributed by atoms with Gasteiger partial charge in [0, 0.05) is 29.7 Å². The standard InChI is InChI=1S/C16H14N4O/c21-15(12-6-2-1-3-7-12)20-16-18-10-13(11-19-16)14-8-4-5-9-17-14/h1-11,16,18H,(H,20,21). The Morgan fingerprint density at radius 3 is 2.57 bits per heavy atom. The highest BCUT2D eigenvalue weighted by atomic mass is 16.1. The SMILES string of the molecule is O=C(NC1N=CC(c2ccccn2)=CN1)c1ccccc1. The van der Waals surface area contributed by atoms with Crippen LogP contribution in [0.25, 0.3) is 5.57 Å². The van der Waals surface area contributed by atoms with Crippen LogP contribution in [0.3, 0.4) is 0 Å². The molecule has 1 unspecified atom stereocenters. The lowest BCUT2D eigenvalue weighted by molar-refractivity contribution is 0.0934. The summed E-state index contributed by atoms with van der Waals surface area (Å²) in [7, 11) is 0. The molecule has 0 bridgehead atoms. The summed E-state index contributed by atoms with van der Waals surface area (Å²) in [6, 6.07) is 14.7. The monoisotopic (exact) mass is 278 g/mol. The van der Waals surface area contributed by atoms with Gasteiger partial charge in [0.2, 0.25) is 0 Å². The van der Waals surface area contributed by atoms with Gasteiger partial charge in [-0.05, 0) is 24.3 Å². The Bertz CT molecular complexity index is 680. The number of nitrogens with one attached hydrogen (secondary N) is 2. The van der Waals surface area contributed by atoms with Crippen molar-refractivity contribution in [2.24, 2.45) is 4.99 Å². The van der Waals surface area contributed by atoms with Gasteiger partial charge in [0.15, 0.2) is 6.29 Å². The van der Waals surface area contributed by atoms with Gasteiger partial charge in [-0.15, -0.1) is 0 Å². The first-order chi connectivity index (χ1) is 10.3. The number of carbonyl (C=O) groups is 1. The summed E-state index contributed by atoms with van der Waals surface area (Å²) in [5.41, 5.74) is 2.32. The van der Waals surface area contributed by atoms with Gasteiger partial charge in [-0.25, -0.2) is 4.99 Å². The van der Waals surface area contributed by atoms with Gasteiger partial charge in [0.25, 0.3) is 5.91 Å². The molecule has 0 spiro atoms. The van der Waals surface area contributed by atoms with Crippen LogP contribution < -0.4 is 10.6 Å². The number of amides is 1. The lowest BCUT2D eigenvalue weighted by Crippen LogP contribution is -2.43. The first kappa shape index (κ1) is 13.1. The normalized spacial score (nSPS) is 16.8. The van der Waals surface area contributed by atoms with Gasteiger partial charge < -0.3 is 10.6 Å². The van der Waals surface area contributed by atoms with Crippen LogP contribution in [0.15, 0.2) is 65.9 Å². The van der Waals surface area contributed by atoms with Gasteiger partial charge in [-0.3, -0.25) is 9.78 Å². The van der Waals surface area contributed by atoms with Gasteiger partial charge in [0.1, 0.15) is 0 Å². The van der Waals surface area contributed by atoms with E-state index in [4.69, 9.17) is 0 Å². The molecule has 104 valence electrons. The Balaban J connectivity index is 1.63. The zero-order valence-electron chi connectivity index (χ0n) is 11.2. The predicted octanol–water partition coefficient (Wildman–Crippen LogP) is 1.81. The summed E-state index contributed by atoms with van der Waals surface area (Å²) in [4.78, 5) is 20.5. The van der Waals surface area contributed by atoms with Crippen LogP contribution in [0.2, 0.25) is 0 Å². The smallest absolute Gasteiger partial charge is 0.254 e. The molecule has 1 amide bonds. The molecule has 0 saturated carbocycles. The fourth-order valence-electron chi connectivity index (χ4n) is 1.95. The van der Waals surface area contributed by atoms with E-state index < -0.39 is 6.29 Å². The lowest BCUT2D eigenvalue weighted by Gasteiger charge is -2.19. The van der Waals surface area contributed by atoms with E-state index in [0.29, 0.717) is 5.56 Å². The van der Waals surface area contributed by atoms with Crippen LogP contribution in [0, 0.1) is 0 Å².